The molecule has 0 spiro atoms. The van der Waals surface area contributed by atoms with Crippen LogP contribution in [0.5, 0.6) is 5.75 Å². The van der Waals surface area contributed by atoms with Gasteiger partial charge in [-0.2, -0.15) is 0 Å². The van der Waals surface area contributed by atoms with Crippen molar-refractivity contribution in [2.24, 2.45) is 0 Å². The second-order valence-electron chi connectivity index (χ2n) is 5.03. The molecule has 3 rings (SSSR count). The molecule has 2 aromatic carbocycles. The number of phenolic OH excluding ortho intramolecular Hbond substituents is 1. The highest BCUT2D eigenvalue weighted by atomic mass is 32.2. The predicted octanol–water partition coefficient (Wildman–Crippen LogP) is 1.03. The van der Waals surface area contributed by atoms with E-state index in [0.717, 1.165) is 0 Å². The maximum absolute atomic E-state index is 12.5. The third-order valence-electron chi connectivity index (χ3n) is 3.38. The van der Waals surface area contributed by atoms with Crippen molar-refractivity contribution in [2.45, 2.75) is 10.1 Å². The highest BCUT2D eigenvalue weighted by molar-refractivity contribution is 7.87. The standard InChI is InChI=1S/C16H12N2O5S/c19-10-5-3-4-9(8-10)17-15(21)13(20)14-16(22)18-11-6-1-2-7-12(11)24(14)23/h1-8,14,19H,(H,17,21)(H,18,22)/t14-,24+/m0/s1. The van der Waals surface area contributed by atoms with Crippen LogP contribution >= 0.6 is 0 Å². The first-order valence-corrected chi connectivity index (χ1v) is 8.13. The number of nitrogens with one attached hydrogen (secondary N) is 2. The lowest BCUT2D eigenvalue weighted by atomic mass is 10.2. The molecule has 2 atom stereocenters. The Morgan fingerprint density at radius 1 is 1.12 bits per heavy atom. The Hall–Kier alpha value is -3.00. The Balaban J connectivity index is 1.83. The predicted molar refractivity (Wildman–Crippen MR) is 87.0 cm³/mol. The van der Waals surface area contributed by atoms with Crippen LogP contribution in [0.25, 0.3) is 0 Å². The maximum Gasteiger partial charge on any atom is 0.293 e. The fraction of sp³-hybridized carbons (Fsp3) is 0.0625. The van der Waals surface area contributed by atoms with E-state index in [2.05, 4.69) is 10.6 Å². The number of carbonyl (C=O) groups excluding carboxylic acids is 3. The molecule has 0 saturated carbocycles. The fourth-order valence-corrected chi connectivity index (χ4v) is 3.64. The van der Waals surface area contributed by atoms with Crippen molar-refractivity contribution in [3.8, 4) is 5.75 Å². The number of benzene rings is 2. The zero-order valence-corrected chi connectivity index (χ0v) is 13.0. The van der Waals surface area contributed by atoms with Gasteiger partial charge in [0, 0.05) is 11.8 Å². The van der Waals surface area contributed by atoms with Gasteiger partial charge in [-0.25, -0.2) is 0 Å². The minimum absolute atomic E-state index is 0.0897. The highest BCUT2D eigenvalue weighted by Crippen LogP contribution is 2.27. The van der Waals surface area contributed by atoms with Crippen LogP contribution in [0.1, 0.15) is 0 Å². The molecule has 0 radical (unpaired) electrons. The summed E-state index contributed by atoms with van der Waals surface area (Å²) in [6.07, 6.45) is 0. The lowest BCUT2D eigenvalue weighted by Crippen LogP contribution is -2.46. The maximum atomic E-state index is 12.5. The van der Waals surface area contributed by atoms with E-state index in [1.807, 2.05) is 0 Å². The molecule has 2 aromatic rings. The summed E-state index contributed by atoms with van der Waals surface area (Å²) in [5.74, 6) is -3.06. The Bertz CT molecular complexity index is 880. The molecule has 2 amide bonds. The molecule has 24 heavy (non-hydrogen) atoms. The monoisotopic (exact) mass is 344 g/mol. The SMILES string of the molecule is O=C(Nc1cccc(O)c1)C(=O)[C@H]1C(=O)Nc2ccccc2[S@]1=O. The van der Waals surface area contributed by atoms with E-state index in [4.69, 9.17) is 0 Å². The molecule has 8 heteroatoms. The topological polar surface area (TPSA) is 113 Å². The van der Waals surface area contributed by atoms with Gasteiger partial charge in [0.05, 0.1) is 21.4 Å². The van der Waals surface area contributed by atoms with Crippen LogP contribution in [0.2, 0.25) is 0 Å². The lowest BCUT2D eigenvalue weighted by Gasteiger charge is -2.22. The summed E-state index contributed by atoms with van der Waals surface area (Å²) in [5, 5.41) is 12.5. The first kappa shape index (κ1) is 15.9. The average Bonchev–Trinajstić information content (AvgIpc) is 2.54. The van der Waals surface area contributed by atoms with Crippen LogP contribution in [0.4, 0.5) is 11.4 Å². The summed E-state index contributed by atoms with van der Waals surface area (Å²) in [5.41, 5.74) is 0.550. The van der Waals surface area contributed by atoms with Crippen molar-refractivity contribution >= 4 is 39.8 Å². The molecular weight excluding hydrogens is 332 g/mol. The van der Waals surface area contributed by atoms with Crippen LogP contribution in [-0.4, -0.2) is 32.2 Å². The average molecular weight is 344 g/mol. The third-order valence-corrected chi connectivity index (χ3v) is 5.03. The van der Waals surface area contributed by atoms with Crippen molar-refractivity contribution < 1.29 is 23.7 Å². The van der Waals surface area contributed by atoms with Gasteiger partial charge >= 0.3 is 0 Å². The number of rotatable bonds is 3. The number of amides is 2. The Labute approximate surface area is 139 Å². The summed E-state index contributed by atoms with van der Waals surface area (Å²) >= 11 is 0. The first-order valence-electron chi connectivity index (χ1n) is 6.92. The van der Waals surface area contributed by atoms with Crippen molar-refractivity contribution in [1.82, 2.24) is 0 Å². The lowest BCUT2D eigenvalue weighted by molar-refractivity contribution is -0.136. The number of ketones is 1. The molecule has 0 saturated heterocycles. The third kappa shape index (κ3) is 2.91. The molecule has 0 bridgehead atoms. The van der Waals surface area contributed by atoms with E-state index in [1.54, 1.807) is 18.2 Å². The molecule has 0 aliphatic carbocycles. The number of fused-ring (bicyclic) bond motifs is 1. The molecule has 0 unspecified atom stereocenters. The van der Waals surface area contributed by atoms with Crippen molar-refractivity contribution in [3.05, 3.63) is 48.5 Å². The van der Waals surface area contributed by atoms with E-state index < -0.39 is 33.6 Å². The molecule has 3 N–H and O–H groups in total. The van der Waals surface area contributed by atoms with Gasteiger partial charge in [-0.1, -0.05) is 18.2 Å². The summed E-state index contributed by atoms with van der Waals surface area (Å²) < 4.78 is 12.5. The van der Waals surface area contributed by atoms with Gasteiger partial charge in [0.25, 0.3) is 5.91 Å². The van der Waals surface area contributed by atoms with Gasteiger partial charge in [0.15, 0.2) is 5.25 Å². The van der Waals surface area contributed by atoms with Gasteiger partial charge in [-0.05, 0) is 24.3 Å². The molecule has 1 aliphatic rings. The van der Waals surface area contributed by atoms with Crippen LogP contribution < -0.4 is 10.6 Å². The molecule has 7 nitrogen and oxygen atoms in total. The largest absolute Gasteiger partial charge is 0.508 e. The Kier molecular flexibility index (Phi) is 4.13. The number of anilines is 2. The van der Waals surface area contributed by atoms with E-state index in [9.17, 15) is 23.7 Å². The summed E-state index contributed by atoms with van der Waals surface area (Å²) in [6, 6.07) is 12.0. The van der Waals surface area contributed by atoms with Crippen molar-refractivity contribution in [2.75, 3.05) is 10.6 Å². The number of para-hydroxylation sites is 1. The highest BCUT2D eigenvalue weighted by Gasteiger charge is 2.41. The number of hydrogen-bond donors (Lipinski definition) is 3. The van der Waals surface area contributed by atoms with Gasteiger partial charge in [0.1, 0.15) is 5.75 Å². The van der Waals surface area contributed by atoms with Gasteiger partial charge in [-0.15, -0.1) is 0 Å². The molecule has 1 heterocycles. The second-order valence-corrected chi connectivity index (χ2v) is 6.54. The number of hydrogen-bond acceptors (Lipinski definition) is 5. The minimum atomic E-state index is -1.97. The quantitative estimate of drug-likeness (QED) is 0.569. The van der Waals surface area contributed by atoms with Gasteiger partial charge in [-0.3, -0.25) is 18.6 Å². The van der Waals surface area contributed by atoms with Crippen LogP contribution in [0, 0.1) is 0 Å². The number of Topliss-reactive ketones (excluding diaryl/α,β-unsaturated/α-hetero) is 1. The van der Waals surface area contributed by atoms with E-state index in [1.165, 1.54) is 30.3 Å². The molecule has 1 aliphatic heterocycles. The second kappa shape index (κ2) is 6.25. The molecule has 0 fully saturated rings. The van der Waals surface area contributed by atoms with E-state index in [-0.39, 0.29) is 11.4 Å². The Morgan fingerprint density at radius 3 is 2.62 bits per heavy atom. The van der Waals surface area contributed by atoms with Gasteiger partial charge in [0.2, 0.25) is 11.7 Å². The Morgan fingerprint density at radius 2 is 1.88 bits per heavy atom. The zero-order chi connectivity index (χ0) is 17.3. The molecule has 122 valence electrons. The summed E-state index contributed by atoms with van der Waals surface area (Å²) in [6.45, 7) is 0. The summed E-state index contributed by atoms with van der Waals surface area (Å²) in [4.78, 5) is 36.7. The van der Waals surface area contributed by atoms with Crippen LogP contribution in [0.15, 0.2) is 53.4 Å². The van der Waals surface area contributed by atoms with Crippen molar-refractivity contribution in [1.29, 1.82) is 0 Å². The first-order chi connectivity index (χ1) is 11.5. The molecule has 0 aromatic heterocycles. The normalized spacial score (nSPS) is 19.1. The number of aromatic hydroxyl groups is 1. The molecular formula is C16H12N2O5S. The van der Waals surface area contributed by atoms with Crippen LogP contribution in [0.3, 0.4) is 0 Å². The number of phenols is 1. The number of carbonyl (C=O) groups is 3. The van der Waals surface area contributed by atoms with Gasteiger partial charge < -0.3 is 15.7 Å². The van der Waals surface area contributed by atoms with Crippen molar-refractivity contribution in [3.63, 3.8) is 0 Å². The van der Waals surface area contributed by atoms with E-state index in [0.29, 0.717) is 10.6 Å². The minimum Gasteiger partial charge on any atom is -0.508 e. The smallest absolute Gasteiger partial charge is 0.293 e. The zero-order valence-electron chi connectivity index (χ0n) is 12.2. The van der Waals surface area contributed by atoms with E-state index >= 15 is 0 Å². The summed E-state index contributed by atoms with van der Waals surface area (Å²) in [7, 11) is -1.97. The fourth-order valence-electron chi connectivity index (χ4n) is 2.28. The van der Waals surface area contributed by atoms with Crippen LogP contribution in [-0.2, 0) is 25.2 Å².